The predicted octanol–water partition coefficient (Wildman–Crippen LogP) is 2.55. The van der Waals surface area contributed by atoms with Crippen LogP contribution in [0.3, 0.4) is 0 Å². The van der Waals surface area contributed by atoms with Gasteiger partial charge >= 0.3 is 6.09 Å². The number of hydrogen-bond acceptors (Lipinski definition) is 9. The Morgan fingerprint density at radius 3 is 2.47 bits per heavy atom. The molecule has 3 aliphatic rings. The molecular formula is C26H37N7O3. The molecule has 0 saturated carbocycles. The second kappa shape index (κ2) is 10.5. The number of pyridine rings is 1. The molecule has 1 aromatic heterocycles. The number of anilines is 2. The third-order valence-electron chi connectivity index (χ3n) is 6.79. The monoisotopic (exact) mass is 495 g/mol. The minimum atomic E-state index is -0.604. The van der Waals surface area contributed by atoms with E-state index in [0.29, 0.717) is 50.6 Å². The molecule has 3 atom stereocenters. The van der Waals surface area contributed by atoms with Crippen molar-refractivity contribution in [1.82, 2.24) is 15.2 Å². The summed E-state index contributed by atoms with van der Waals surface area (Å²) in [6.07, 6.45) is 0.673. The van der Waals surface area contributed by atoms with Crippen LogP contribution >= 0.6 is 0 Å². The van der Waals surface area contributed by atoms with Crippen LogP contribution in [0.25, 0.3) is 0 Å². The van der Waals surface area contributed by atoms with Crippen LogP contribution in [0.1, 0.15) is 57.7 Å². The first-order valence-electron chi connectivity index (χ1n) is 12.8. The molecule has 194 valence electrons. The summed E-state index contributed by atoms with van der Waals surface area (Å²) in [5.41, 5.74) is 2.11. The molecule has 0 radical (unpaired) electrons. The van der Waals surface area contributed by atoms with Crippen LogP contribution in [-0.4, -0.2) is 79.1 Å². The van der Waals surface area contributed by atoms with E-state index in [1.54, 1.807) is 4.90 Å². The van der Waals surface area contributed by atoms with Crippen LogP contribution in [0.2, 0.25) is 0 Å². The van der Waals surface area contributed by atoms with E-state index in [0.717, 1.165) is 29.9 Å². The standard InChI is InChI=1S/C26H37N7O3/c1-17-14-32(15-18(2)35-17)24-21(12-28)22-13-29-9-7-20(22)23(30-24)31-10-11-33(19(16-31)6-8-27)25(34)36-26(3,4)5/h17-19,29H,6-7,9-11,13-16H2,1-5H3. The third kappa shape index (κ3) is 5.50. The van der Waals surface area contributed by atoms with Gasteiger partial charge in [-0.2, -0.15) is 10.5 Å². The Kier molecular flexibility index (Phi) is 7.58. The zero-order valence-corrected chi connectivity index (χ0v) is 22.0. The molecule has 3 unspecified atom stereocenters. The number of piperazine rings is 1. The van der Waals surface area contributed by atoms with Crippen LogP contribution in [0.5, 0.6) is 0 Å². The number of amides is 1. The Hall–Kier alpha value is -3.08. The Balaban J connectivity index is 1.70. The van der Waals surface area contributed by atoms with Gasteiger partial charge in [0.25, 0.3) is 0 Å². The zero-order chi connectivity index (χ0) is 26.0. The average Bonchev–Trinajstić information content (AvgIpc) is 2.81. The second-order valence-corrected chi connectivity index (χ2v) is 10.9. The highest BCUT2D eigenvalue weighted by Gasteiger charge is 2.36. The van der Waals surface area contributed by atoms with E-state index in [-0.39, 0.29) is 24.7 Å². The molecule has 0 aromatic carbocycles. The molecule has 2 saturated heterocycles. The first kappa shape index (κ1) is 26.0. The maximum Gasteiger partial charge on any atom is 0.410 e. The Labute approximate surface area is 213 Å². The highest BCUT2D eigenvalue weighted by atomic mass is 16.6. The maximum atomic E-state index is 12.9. The number of hydrogen-bond donors (Lipinski definition) is 1. The quantitative estimate of drug-likeness (QED) is 0.675. The van der Waals surface area contributed by atoms with Crippen LogP contribution in [0, 0.1) is 22.7 Å². The summed E-state index contributed by atoms with van der Waals surface area (Å²) in [6, 6.07) is 4.37. The summed E-state index contributed by atoms with van der Waals surface area (Å²) in [5, 5.41) is 23.1. The molecular weight excluding hydrogens is 458 g/mol. The molecule has 2 fully saturated rings. The summed E-state index contributed by atoms with van der Waals surface area (Å²) in [6.45, 7) is 13.9. The number of aromatic nitrogens is 1. The van der Waals surface area contributed by atoms with Crippen LogP contribution < -0.4 is 15.1 Å². The SMILES string of the molecule is CC1CN(c2nc(N3CCN(C(=O)OC(C)(C)C)C(CC#N)C3)c3c(c2C#N)CNCC3)CC(C)O1. The number of fused-ring (bicyclic) bond motifs is 1. The van der Waals surface area contributed by atoms with Gasteiger partial charge in [-0.05, 0) is 53.1 Å². The smallest absolute Gasteiger partial charge is 0.410 e. The van der Waals surface area contributed by atoms with Gasteiger partial charge in [-0.1, -0.05) is 0 Å². The minimum Gasteiger partial charge on any atom is -0.444 e. The van der Waals surface area contributed by atoms with Gasteiger partial charge in [0.05, 0.1) is 36.3 Å². The van der Waals surface area contributed by atoms with Gasteiger partial charge in [-0.3, -0.25) is 0 Å². The summed E-state index contributed by atoms with van der Waals surface area (Å²) < 4.78 is 11.5. The topological polar surface area (TPSA) is 118 Å². The molecule has 10 heteroatoms. The number of nitrogens with zero attached hydrogens (tertiary/aromatic N) is 6. The first-order chi connectivity index (χ1) is 17.1. The minimum absolute atomic E-state index is 0.0390. The molecule has 0 bridgehead atoms. The Morgan fingerprint density at radius 1 is 1.11 bits per heavy atom. The highest BCUT2D eigenvalue weighted by molar-refractivity contribution is 5.71. The van der Waals surface area contributed by atoms with Crippen molar-refractivity contribution < 1.29 is 14.3 Å². The molecule has 4 rings (SSSR count). The molecule has 10 nitrogen and oxygen atoms in total. The van der Waals surface area contributed by atoms with Gasteiger partial charge in [0.15, 0.2) is 0 Å². The lowest BCUT2D eigenvalue weighted by Gasteiger charge is -2.43. The predicted molar refractivity (Wildman–Crippen MR) is 136 cm³/mol. The number of nitrogens with one attached hydrogen (secondary N) is 1. The van der Waals surface area contributed by atoms with E-state index < -0.39 is 11.7 Å². The van der Waals surface area contributed by atoms with Crippen molar-refractivity contribution in [3.63, 3.8) is 0 Å². The van der Waals surface area contributed by atoms with Gasteiger partial charge in [-0.15, -0.1) is 0 Å². The molecule has 3 aliphatic heterocycles. The summed E-state index contributed by atoms with van der Waals surface area (Å²) >= 11 is 0. The van der Waals surface area contributed by atoms with E-state index in [4.69, 9.17) is 14.5 Å². The molecule has 1 amide bonds. The van der Waals surface area contributed by atoms with Crippen LogP contribution in [0.15, 0.2) is 0 Å². The number of carbonyl (C=O) groups excluding carboxylic acids is 1. The van der Waals surface area contributed by atoms with E-state index >= 15 is 0 Å². The molecule has 0 spiro atoms. The number of morpholine rings is 1. The Bertz CT molecular complexity index is 1060. The second-order valence-electron chi connectivity index (χ2n) is 10.9. The van der Waals surface area contributed by atoms with Gasteiger partial charge in [-0.25, -0.2) is 9.78 Å². The average molecular weight is 496 g/mol. The molecule has 1 aromatic rings. The van der Waals surface area contributed by atoms with Crippen molar-refractivity contribution in [2.24, 2.45) is 0 Å². The largest absolute Gasteiger partial charge is 0.444 e. The van der Waals surface area contributed by atoms with Crippen molar-refractivity contribution in [3.05, 3.63) is 16.7 Å². The fourth-order valence-electron chi connectivity index (χ4n) is 5.38. The normalized spacial score (nSPS) is 24.5. The molecule has 4 heterocycles. The molecule has 0 aliphatic carbocycles. The van der Waals surface area contributed by atoms with E-state index in [1.165, 1.54) is 0 Å². The fraction of sp³-hybridized carbons (Fsp3) is 0.692. The van der Waals surface area contributed by atoms with E-state index in [9.17, 15) is 15.3 Å². The third-order valence-corrected chi connectivity index (χ3v) is 6.79. The van der Waals surface area contributed by atoms with Crippen molar-refractivity contribution in [1.29, 1.82) is 10.5 Å². The number of carbonyl (C=O) groups is 1. The van der Waals surface area contributed by atoms with E-state index in [2.05, 4.69) is 27.3 Å². The van der Waals surface area contributed by atoms with Gasteiger partial charge in [0.2, 0.25) is 0 Å². The maximum absolute atomic E-state index is 12.9. The van der Waals surface area contributed by atoms with Gasteiger partial charge in [0.1, 0.15) is 23.3 Å². The van der Waals surface area contributed by atoms with Crippen LogP contribution in [-0.2, 0) is 22.4 Å². The van der Waals surface area contributed by atoms with Crippen molar-refractivity contribution in [3.8, 4) is 12.1 Å². The lowest BCUT2D eigenvalue weighted by Crippen LogP contribution is -2.56. The number of rotatable bonds is 3. The van der Waals surface area contributed by atoms with Gasteiger partial charge in [0, 0.05) is 44.8 Å². The summed E-state index contributed by atoms with van der Waals surface area (Å²) in [7, 11) is 0. The zero-order valence-electron chi connectivity index (χ0n) is 22.0. The Morgan fingerprint density at radius 2 is 1.83 bits per heavy atom. The summed E-state index contributed by atoms with van der Waals surface area (Å²) in [4.78, 5) is 24.0. The first-order valence-corrected chi connectivity index (χ1v) is 12.8. The molecule has 36 heavy (non-hydrogen) atoms. The van der Waals surface area contributed by atoms with Gasteiger partial charge < -0.3 is 29.5 Å². The summed E-state index contributed by atoms with van der Waals surface area (Å²) in [5.74, 6) is 1.56. The number of ether oxygens (including phenoxy) is 2. The lowest BCUT2D eigenvalue weighted by molar-refractivity contribution is -0.00548. The fourth-order valence-corrected chi connectivity index (χ4v) is 5.38. The highest BCUT2D eigenvalue weighted by Crippen LogP contribution is 2.35. The van der Waals surface area contributed by atoms with Crippen LogP contribution in [0.4, 0.5) is 16.4 Å². The number of nitriles is 2. The van der Waals surface area contributed by atoms with Crippen molar-refractivity contribution in [2.75, 3.05) is 49.1 Å². The van der Waals surface area contributed by atoms with E-state index in [1.807, 2.05) is 34.6 Å². The van der Waals surface area contributed by atoms with Crippen molar-refractivity contribution >= 4 is 17.7 Å². The molecule has 1 N–H and O–H groups in total. The van der Waals surface area contributed by atoms with Crippen molar-refractivity contribution in [2.45, 2.75) is 77.9 Å². The lowest BCUT2D eigenvalue weighted by atomic mass is 9.95.